The van der Waals surface area contributed by atoms with E-state index in [2.05, 4.69) is 45.7 Å². The normalized spacial score (nSPS) is 9.23. The van der Waals surface area contributed by atoms with E-state index in [9.17, 15) is 33.4 Å². The van der Waals surface area contributed by atoms with E-state index < -0.39 is 33.0 Å². The highest BCUT2D eigenvalue weighted by Gasteiger charge is 2.18. The first kappa shape index (κ1) is 30.3. The van der Waals surface area contributed by atoms with Gasteiger partial charge in [0, 0.05) is 38.4 Å². The summed E-state index contributed by atoms with van der Waals surface area (Å²) in [7, 11) is 3.24. The van der Waals surface area contributed by atoms with Crippen molar-refractivity contribution >= 4 is 61.3 Å². The largest absolute Gasteiger partial charge is 0.372 e. The van der Waals surface area contributed by atoms with Gasteiger partial charge < -0.3 is 4.90 Å². The first-order chi connectivity index (χ1) is 13.4. The molecule has 0 atom stereocenters. The fraction of sp³-hybridized carbons (Fsp3) is 0.294. The lowest BCUT2D eigenvalue weighted by Gasteiger charge is -2.12. The van der Waals surface area contributed by atoms with Crippen molar-refractivity contribution in [3.05, 3.63) is 70.9 Å². The van der Waals surface area contributed by atoms with Crippen molar-refractivity contribution in [2.75, 3.05) is 19.0 Å². The van der Waals surface area contributed by atoms with Gasteiger partial charge in [-0.15, -0.1) is 12.4 Å². The minimum Gasteiger partial charge on any atom is -0.372 e. The lowest BCUT2D eigenvalue weighted by atomic mass is 10.2. The van der Waals surface area contributed by atoms with Gasteiger partial charge in [0.1, 0.15) is 17.3 Å². The molecule has 0 saturated carbocycles. The number of nitrogens with zero attached hydrogens (tertiary/aromatic N) is 3. The summed E-state index contributed by atoms with van der Waals surface area (Å²) in [6, 6.07) is 3.53. The molecule has 2 rings (SSSR count). The first-order valence-electron chi connectivity index (χ1n) is 7.96. The van der Waals surface area contributed by atoms with Crippen LogP contribution in [0.1, 0.15) is 20.3 Å². The molecule has 0 amide bonds. The summed E-state index contributed by atoms with van der Waals surface area (Å²) in [4.78, 5) is 20.8. The zero-order chi connectivity index (χ0) is 22.9. The standard InChI is InChI=1S/C8H8BrFN2O2.C6H2BrF2NO2.C3H8.ClH/c1-11(2)7-4-6(10)5(9)3-8(7)12(13)14;7-3-1-6(10(11)12)5(9)2-4(3)8;1-3-2;/h3-4H,1-2H3;1-2H;3H2,1-2H3;1H. The second kappa shape index (κ2) is 14.1. The number of benzene rings is 2. The molecule has 2 aromatic carbocycles. The average Bonchev–Trinajstić information content (AvgIpc) is 2.60. The minimum absolute atomic E-state index is 0. The van der Waals surface area contributed by atoms with Crippen LogP contribution in [0.25, 0.3) is 0 Å². The molecule has 0 aliphatic heterocycles. The van der Waals surface area contributed by atoms with Crippen molar-refractivity contribution in [1.29, 1.82) is 0 Å². The fourth-order valence-corrected chi connectivity index (χ4v) is 2.34. The van der Waals surface area contributed by atoms with Crippen molar-refractivity contribution in [2.24, 2.45) is 0 Å². The molecule has 13 heteroatoms. The van der Waals surface area contributed by atoms with Crippen LogP contribution in [-0.4, -0.2) is 23.9 Å². The third-order valence-electron chi connectivity index (χ3n) is 2.88. The lowest BCUT2D eigenvalue weighted by Crippen LogP contribution is -2.11. The smallest absolute Gasteiger partial charge is 0.306 e. The maximum atomic E-state index is 13.1. The summed E-state index contributed by atoms with van der Waals surface area (Å²) in [6.07, 6.45) is 1.25. The number of nitro benzene ring substituents is 2. The summed E-state index contributed by atoms with van der Waals surface area (Å²) < 4.78 is 38.1. The fourth-order valence-electron chi connectivity index (χ4n) is 1.68. The van der Waals surface area contributed by atoms with E-state index in [1.54, 1.807) is 14.1 Å². The van der Waals surface area contributed by atoms with Gasteiger partial charge in [0.25, 0.3) is 5.69 Å². The van der Waals surface area contributed by atoms with Crippen LogP contribution in [0.15, 0.2) is 33.2 Å². The third-order valence-corrected chi connectivity index (χ3v) is 4.10. The van der Waals surface area contributed by atoms with Gasteiger partial charge in [-0.2, -0.15) is 4.39 Å². The van der Waals surface area contributed by atoms with E-state index in [1.165, 1.54) is 11.3 Å². The Morgan fingerprint density at radius 3 is 1.57 bits per heavy atom. The molecule has 0 saturated heterocycles. The number of hydrogen-bond acceptors (Lipinski definition) is 5. The number of anilines is 1. The van der Waals surface area contributed by atoms with Crippen LogP contribution in [-0.2, 0) is 0 Å². The number of halogens is 6. The quantitative estimate of drug-likeness (QED) is 0.220. The average molecular weight is 582 g/mol. The van der Waals surface area contributed by atoms with Gasteiger partial charge in [-0.1, -0.05) is 20.3 Å². The molecule has 0 bridgehead atoms. The molecule has 0 aliphatic carbocycles. The van der Waals surface area contributed by atoms with Crippen LogP contribution in [0.3, 0.4) is 0 Å². The van der Waals surface area contributed by atoms with Gasteiger partial charge in [-0.3, -0.25) is 20.2 Å². The van der Waals surface area contributed by atoms with Crippen LogP contribution < -0.4 is 4.90 Å². The third kappa shape index (κ3) is 9.26. The van der Waals surface area contributed by atoms with Gasteiger partial charge in [0.15, 0.2) is 0 Å². The molecular weight excluding hydrogens is 562 g/mol. The Kier molecular flexibility index (Phi) is 14.3. The van der Waals surface area contributed by atoms with Crippen molar-refractivity contribution < 1.29 is 23.0 Å². The molecule has 0 spiro atoms. The summed E-state index contributed by atoms with van der Waals surface area (Å²) in [5.41, 5.74) is -0.623. The zero-order valence-corrected chi connectivity index (χ0v) is 20.3. The van der Waals surface area contributed by atoms with Gasteiger partial charge >= 0.3 is 5.69 Å². The predicted molar refractivity (Wildman–Crippen MR) is 119 cm³/mol. The van der Waals surface area contributed by atoms with Crippen molar-refractivity contribution in [1.82, 2.24) is 0 Å². The second-order valence-corrected chi connectivity index (χ2v) is 7.30. The summed E-state index contributed by atoms with van der Waals surface area (Å²) in [5.74, 6) is -2.56. The molecule has 0 aliphatic rings. The minimum atomic E-state index is -1.18. The SMILES string of the molecule is CCC.CN(C)c1cc(F)c(Br)cc1[N+](=O)[O-].Cl.O=[N+]([O-])c1cc(Br)c(F)cc1F. The molecule has 7 nitrogen and oxygen atoms in total. The molecular formula is C17H19Br2ClF3N3O4. The van der Waals surface area contributed by atoms with Crippen LogP contribution in [0.2, 0.25) is 0 Å². The molecule has 0 aromatic heterocycles. The second-order valence-electron chi connectivity index (χ2n) is 5.59. The Labute approximate surface area is 194 Å². The highest BCUT2D eigenvalue weighted by atomic mass is 79.9. The Morgan fingerprint density at radius 1 is 0.833 bits per heavy atom. The van der Waals surface area contributed by atoms with Crippen molar-refractivity contribution in [2.45, 2.75) is 20.3 Å². The van der Waals surface area contributed by atoms with Gasteiger partial charge in [-0.25, -0.2) is 8.78 Å². The van der Waals surface area contributed by atoms with Crippen LogP contribution in [0.5, 0.6) is 0 Å². The molecule has 0 N–H and O–H groups in total. The highest BCUT2D eigenvalue weighted by molar-refractivity contribution is 9.10. The summed E-state index contributed by atoms with van der Waals surface area (Å²) >= 11 is 5.60. The van der Waals surface area contributed by atoms with Crippen molar-refractivity contribution in [3.63, 3.8) is 0 Å². The van der Waals surface area contributed by atoms with Crippen LogP contribution in [0.4, 0.5) is 30.2 Å². The Morgan fingerprint density at radius 2 is 1.20 bits per heavy atom. The van der Waals surface area contributed by atoms with E-state index in [0.717, 1.165) is 18.2 Å². The monoisotopic (exact) mass is 579 g/mol. The topological polar surface area (TPSA) is 89.5 Å². The van der Waals surface area contributed by atoms with Crippen molar-refractivity contribution in [3.8, 4) is 0 Å². The molecule has 2 aromatic rings. The number of nitro groups is 2. The Hall–Kier alpha value is -1.92. The van der Waals surface area contributed by atoms with E-state index in [4.69, 9.17) is 0 Å². The molecule has 168 valence electrons. The molecule has 30 heavy (non-hydrogen) atoms. The molecule has 0 radical (unpaired) electrons. The summed E-state index contributed by atoms with van der Waals surface area (Å²) in [6.45, 7) is 4.25. The highest BCUT2D eigenvalue weighted by Crippen LogP contribution is 2.32. The predicted octanol–water partition coefficient (Wildman–Crippen LogP) is 7.04. The Balaban J connectivity index is 0. The zero-order valence-electron chi connectivity index (χ0n) is 16.3. The van der Waals surface area contributed by atoms with Crippen LogP contribution >= 0.6 is 44.3 Å². The van der Waals surface area contributed by atoms with Gasteiger partial charge in [0.05, 0.1) is 18.8 Å². The Bertz CT molecular complexity index is 890. The van der Waals surface area contributed by atoms with E-state index >= 15 is 0 Å². The maximum absolute atomic E-state index is 13.1. The molecule has 0 fully saturated rings. The van der Waals surface area contributed by atoms with Gasteiger partial charge in [-0.05, 0) is 31.9 Å². The first-order valence-corrected chi connectivity index (χ1v) is 9.55. The van der Waals surface area contributed by atoms with Gasteiger partial charge in [0.2, 0.25) is 5.82 Å². The molecule has 0 heterocycles. The molecule has 0 unspecified atom stereocenters. The van der Waals surface area contributed by atoms with E-state index in [0.29, 0.717) is 6.07 Å². The summed E-state index contributed by atoms with van der Waals surface area (Å²) in [5, 5.41) is 20.7. The lowest BCUT2D eigenvalue weighted by molar-refractivity contribution is -0.387. The number of rotatable bonds is 3. The van der Waals surface area contributed by atoms with E-state index in [1.807, 2.05) is 0 Å². The van der Waals surface area contributed by atoms with Crippen LogP contribution in [0, 0.1) is 37.7 Å². The van der Waals surface area contributed by atoms with E-state index in [-0.39, 0.29) is 32.7 Å². The number of hydrogen-bond donors (Lipinski definition) is 0. The maximum Gasteiger partial charge on any atom is 0.306 e.